The lowest BCUT2D eigenvalue weighted by Crippen LogP contribution is -2.25. The summed E-state index contributed by atoms with van der Waals surface area (Å²) in [7, 11) is 0. The fourth-order valence-electron chi connectivity index (χ4n) is 3.24. The smallest absolute Gasteiger partial charge is 0.268 e. The lowest BCUT2D eigenvalue weighted by molar-refractivity contribution is 0.478. The van der Waals surface area contributed by atoms with Crippen LogP contribution in [0.5, 0.6) is 5.75 Å². The maximum absolute atomic E-state index is 13.4. The predicted octanol–water partition coefficient (Wildman–Crippen LogP) is 4.84. The molecule has 0 spiro atoms. The van der Waals surface area contributed by atoms with Gasteiger partial charge in [-0.25, -0.2) is 0 Å². The summed E-state index contributed by atoms with van der Waals surface area (Å²) in [4.78, 5) is 17.9. The van der Waals surface area contributed by atoms with Crippen molar-refractivity contribution in [2.24, 2.45) is 4.99 Å². The predicted molar refractivity (Wildman–Crippen MR) is 110 cm³/mol. The molecule has 27 heavy (non-hydrogen) atoms. The Hall–Kier alpha value is -3.66. The summed E-state index contributed by atoms with van der Waals surface area (Å²) in [5.74, 6) is -0.0417. The highest BCUT2D eigenvalue weighted by molar-refractivity contribution is 6.06. The first-order chi connectivity index (χ1) is 13.2. The van der Waals surface area contributed by atoms with Crippen LogP contribution in [0.3, 0.4) is 0 Å². The Morgan fingerprint density at radius 2 is 1.44 bits per heavy atom. The van der Waals surface area contributed by atoms with Crippen LogP contribution in [0.25, 0.3) is 16.6 Å². The Kier molecular flexibility index (Phi) is 4.30. The van der Waals surface area contributed by atoms with Gasteiger partial charge in [0, 0.05) is 11.1 Å². The number of fused-ring (bicyclic) bond motifs is 1. The molecule has 4 heteroatoms. The van der Waals surface area contributed by atoms with Gasteiger partial charge in [0.2, 0.25) is 0 Å². The van der Waals surface area contributed by atoms with Crippen molar-refractivity contribution in [3.05, 3.63) is 101 Å². The van der Waals surface area contributed by atoms with Gasteiger partial charge in [0.15, 0.2) is 0 Å². The Labute approximate surface area is 156 Å². The molecule has 0 atom stereocenters. The van der Waals surface area contributed by atoms with Crippen molar-refractivity contribution in [2.75, 3.05) is 0 Å². The molecule has 4 rings (SSSR count). The topological polar surface area (TPSA) is 54.6 Å². The molecule has 1 N–H and O–H groups in total. The van der Waals surface area contributed by atoms with Crippen molar-refractivity contribution in [1.29, 1.82) is 0 Å². The Morgan fingerprint density at radius 3 is 2.15 bits per heavy atom. The van der Waals surface area contributed by atoms with Gasteiger partial charge in [0.05, 0.1) is 16.9 Å². The van der Waals surface area contributed by atoms with E-state index in [-0.39, 0.29) is 16.9 Å². The molecular formula is C23H18N2O2. The van der Waals surface area contributed by atoms with Crippen molar-refractivity contribution in [2.45, 2.75) is 6.92 Å². The van der Waals surface area contributed by atoms with Crippen molar-refractivity contribution in [3.8, 4) is 11.4 Å². The standard InChI is InChI=1S/C23H18N2O2/c1-16(24-17-10-4-2-5-11-17)21-22(26)19-14-8-9-15-20(19)25(23(21)27)18-12-6-3-7-13-18/h2-15,26H,1H3. The van der Waals surface area contributed by atoms with E-state index < -0.39 is 0 Å². The second-order valence-corrected chi connectivity index (χ2v) is 6.25. The van der Waals surface area contributed by atoms with Crippen molar-refractivity contribution >= 4 is 22.3 Å². The first-order valence-corrected chi connectivity index (χ1v) is 8.69. The third-order valence-corrected chi connectivity index (χ3v) is 4.48. The third kappa shape index (κ3) is 3.02. The molecule has 0 saturated heterocycles. The maximum atomic E-state index is 13.4. The number of aromatic nitrogens is 1. The van der Waals surface area contributed by atoms with Gasteiger partial charge in [-0.2, -0.15) is 0 Å². The van der Waals surface area contributed by atoms with Crippen molar-refractivity contribution < 1.29 is 5.11 Å². The Bertz CT molecular complexity index is 1190. The number of nitrogens with zero attached hydrogens (tertiary/aromatic N) is 2. The molecule has 132 valence electrons. The minimum absolute atomic E-state index is 0.0417. The van der Waals surface area contributed by atoms with E-state index in [1.165, 1.54) is 0 Å². The van der Waals surface area contributed by atoms with E-state index >= 15 is 0 Å². The van der Waals surface area contributed by atoms with Gasteiger partial charge in [-0.15, -0.1) is 0 Å². The third-order valence-electron chi connectivity index (χ3n) is 4.48. The van der Waals surface area contributed by atoms with Crippen LogP contribution in [-0.4, -0.2) is 15.4 Å². The molecule has 0 aliphatic carbocycles. The van der Waals surface area contributed by atoms with Crippen LogP contribution in [0.1, 0.15) is 12.5 Å². The summed E-state index contributed by atoms with van der Waals surface area (Å²) < 4.78 is 1.62. The molecule has 0 fully saturated rings. The average molecular weight is 354 g/mol. The van der Waals surface area contributed by atoms with Crippen LogP contribution in [0.2, 0.25) is 0 Å². The van der Waals surface area contributed by atoms with E-state index in [0.717, 1.165) is 11.4 Å². The highest BCUT2D eigenvalue weighted by Gasteiger charge is 2.19. The highest BCUT2D eigenvalue weighted by atomic mass is 16.3. The molecule has 0 radical (unpaired) electrons. The first-order valence-electron chi connectivity index (χ1n) is 8.69. The molecule has 0 aliphatic rings. The first kappa shape index (κ1) is 16.8. The fraction of sp³-hybridized carbons (Fsp3) is 0.0435. The molecule has 0 saturated carbocycles. The van der Waals surface area contributed by atoms with Gasteiger partial charge in [-0.3, -0.25) is 14.4 Å². The number of aliphatic imine (C=N–C) groups is 1. The normalized spacial score (nSPS) is 11.7. The van der Waals surface area contributed by atoms with E-state index in [1.807, 2.05) is 84.9 Å². The second-order valence-electron chi connectivity index (χ2n) is 6.25. The number of rotatable bonds is 3. The summed E-state index contributed by atoms with van der Waals surface area (Å²) >= 11 is 0. The number of para-hydroxylation sites is 3. The lowest BCUT2D eigenvalue weighted by Gasteiger charge is -2.15. The minimum Gasteiger partial charge on any atom is -0.506 e. The molecule has 0 aliphatic heterocycles. The molecular weight excluding hydrogens is 336 g/mol. The molecule has 1 aromatic heterocycles. The number of pyridine rings is 1. The number of hydrogen-bond donors (Lipinski definition) is 1. The van der Waals surface area contributed by atoms with Crippen LogP contribution >= 0.6 is 0 Å². The number of benzene rings is 3. The SMILES string of the molecule is CC(=Nc1ccccc1)c1c(O)c2ccccc2n(-c2ccccc2)c1=O. The zero-order valence-electron chi connectivity index (χ0n) is 14.8. The summed E-state index contributed by atoms with van der Waals surface area (Å²) in [6, 6.07) is 26.1. The summed E-state index contributed by atoms with van der Waals surface area (Å²) in [5, 5.41) is 11.5. The Morgan fingerprint density at radius 1 is 0.852 bits per heavy atom. The van der Waals surface area contributed by atoms with Gasteiger partial charge < -0.3 is 5.11 Å². The van der Waals surface area contributed by atoms with Crippen molar-refractivity contribution in [1.82, 2.24) is 4.57 Å². The summed E-state index contributed by atoms with van der Waals surface area (Å²) in [6.45, 7) is 1.74. The number of aromatic hydroxyl groups is 1. The van der Waals surface area contributed by atoms with Gasteiger partial charge in [-0.05, 0) is 43.3 Å². The number of hydrogen-bond acceptors (Lipinski definition) is 3. The van der Waals surface area contributed by atoms with Crippen LogP contribution < -0.4 is 5.56 Å². The molecule has 4 nitrogen and oxygen atoms in total. The maximum Gasteiger partial charge on any atom is 0.268 e. The highest BCUT2D eigenvalue weighted by Crippen LogP contribution is 2.29. The summed E-state index contributed by atoms with van der Waals surface area (Å²) in [6.07, 6.45) is 0. The van der Waals surface area contributed by atoms with Crippen LogP contribution in [0, 0.1) is 0 Å². The molecule has 3 aromatic carbocycles. The molecule has 0 amide bonds. The Balaban J connectivity index is 2.05. The molecule has 0 bridgehead atoms. The van der Waals surface area contributed by atoms with Gasteiger partial charge in [-0.1, -0.05) is 48.5 Å². The quantitative estimate of drug-likeness (QED) is 0.535. The van der Waals surface area contributed by atoms with Gasteiger partial charge in [0.25, 0.3) is 5.56 Å². The van der Waals surface area contributed by atoms with Crippen molar-refractivity contribution in [3.63, 3.8) is 0 Å². The van der Waals surface area contributed by atoms with E-state index in [9.17, 15) is 9.90 Å². The fourth-order valence-corrected chi connectivity index (χ4v) is 3.24. The average Bonchev–Trinajstić information content (AvgIpc) is 2.70. The lowest BCUT2D eigenvalue weighted by atomic mass is 10.1. The monoisotopic (exact) mass is 354 g/mol. The van der Waals surface area contributed by atoms with E-state index in [4.69, 9.17) is 0 Å². The van der Waals surface area contributed by atoms with E-state index in [2.05, 4.69) is 4.99 Å². The zero-order valence-corrected chi connectivity index (χ0v) is 14.8. The van der Waals surface area contributed by atoms with Crippen LogP contribution in [0.4, 0.5) is 5.69 Å². The second kappa shape index (κ2) is 6.92. The van der Waals surface area contributed by atoms with E-state index in [0.29, 0.717) is 16.6 Å². The molecule has 0 unspecified atom stereocenters. The minimum atomic E-state index is -0.297. The molecule has 1 heterocycles. The van der Waals surface area contributed by atoms with Crippen LogP contribution in [-0.2, 0) is 0 Å². The van der Waals surface area contributed by atoms with Gasteiger partial charge in [0.1, 0.15) is 11.3 Å². The van der Waals surface area contributed by atoms with Crippen LogP contribution in [0.15, 0.2) is 94.7 Å². The largest absolute Gasteiger partial charge is 0.506 e. The molecule has 4 aromatic rings. The zero-order chi connectivity index (χ0) is 18.8. The van der Waals surface area contributed by atoms with E-state index in [1.54, 1.807) is 11.5 Å². The summed E-state index contributed by atoms with van der Waals surface area (Å²) in [5.41, 5.74) is 2.51. The van der Waals surface area contributed by atoms with Gasteiger partial charge >= 0.3 is 0 Å².